The third-order valence-corrected chi connectivity index (χ3v) is 3.57. The molecule has 0 spiro atoms. The SMILES string of the molecule is CCC1CCCN(c2nccc(C(=O)O)n2)CC1. The molecule has 0 aliphatic carbocycles. The Morgan fingerprint density at radius 1 is 1.50 bits per heavy atom. The Labute approximate surface area is 107 Å². The minimum atomic E-state index is -1.00. The Bertz CT molecular complexity index is 422. The van der Waals surface area contributed by atoms with Crippen LogP contribution in [0.25, 0.3) is 0 Å². The monoisotopic (exact) mass is 249 g/mol. The van der Waals surface area contributed by atoms with E-state index in [9.17, 15) is 4.79 Å². The summed E-state index contributed by atoms with van der Waals surface area (Å²) in [4.78, 5) is 21.3. The molecule has 1 aliphatic rings. The van der Waals surface area contributed by atoms with Gasteiger partial charge in [-0.3, -0.25) is 0 Å². The van der Waals surface area contributed by atoms with Crippen LogP contribution in [0.1, 0.15) is 43.1 Å². The van der Waals surface area contributed by atoms with Crippen LogP contribution in [0.3, 0.4) is 0 Å². The number of carbonyl (C=O) groups is 1. The van der Waals surface area contributed by atoms with E-state index in [1.54, 1.807) is 0 Å². The van der Waals surface area contributed by atoms with Crippen LogP contribution in [0.2, 0.25) is 0 Å². The summed E-state index contributed by atoms with van der Waals surface area (Å²) in [5, 5.41) is 8.93. The van der Waals surface area contributed by atoms with E-state index < -0.39 is 5.97 Å². The number of anilines is 1. The highest BCUT2D eigenvalue weighted by molar-refractivity contribution is 5.85. The maximum absolute atomic E-state index is 10.9. The number of aromatic nitrogens is 2. The topological polar surface area (TPSA) is 66.3 Å². The molecule has 1 atom stereocenters. The van der Waals surface area contributed by atoms with Crippen molar-refractivity contribution < 1.29 is 9.90 Å². The molecule has 0 aromatic carbocycles. The quantitative estimate of drug-likeness (QED) is 0.889. The summed E-state index contributed by atoms with van der Waals surface area (Å²) in [7, 11) is 0. The minimum absolute atomic E-state index is 0.0660. The third kappa shape index (κ3) is 2.97. The molecule has 1 aromatic rings. The summed E-state index contributed by atoms with van der Waals surface area (Å²) in [5.74, 6) is 0.323. The summed E-state index contributed by atoms with van der Waals surface area (Å²) in [6.07, 6.45) is 6.24. The molecule has 0 saturated carbocycles. The first-order valence-corrected chi connectivity index (χ1v) is 6.52. The summed E-state index contributed by atoms with van der Waals surface area (Å²) in [6.45, 7) is 4.06. The number of carboxylic acids is 1. The molecule has 1 unspecified atom stereocenters. The lowest BCUT2D eigenvalue weighted by molar-refractivity contribution is 0.0690. The molecule has 1 N–H and O–H groups in total. The first-order valence-electron chi connectivity index (χ1n) is 6.52. The van der Waals surface area contributed by atoms with Crippen molar-refractivity contribution in [2.45, 2.75) is 32.6 Å². The summed E-state index contributed by atoms with van der Waals surface area (Å²) in [5.41, 5.74) is 0.0660. The summed E-state index contributed by atoms with van der Waals surface area (Å²) in [6, 6.07) is 1.43. The average molecular weight is 249 g/mol. The van der Waals surface area contributed by atoms with Crippen molar-refractivity contribution in [3.63, 3.8) is 0 Å². The number of rotatable bonds is 3. The van der Waals surface area contributed by atoms with E-state index in [0.29, 0.717) is 5.95 Å². The minimum Gasteiger partial charge on any atom is -0.477 e. The first kappa shape index (κ1) is 12.8. The summed E-state index contributed by atoms with van der Waals surface area (Å²) < 4.78 is 0. The molecule has 2 heterocycles. The predicted molar refractivity (Wildman–Crippen MR) is 68.8 cm³/mol. The Hall–Kier alpha value is -1.65. The molecular weight excluding hydrogens is 230 g/mol. The van der Waals surface area contributed by atoms with Gasteiger partial charge in [0.1, 0.15) is 0 Å². The zero-order valence-corrected chi connectivity index (χ0v) is 10.7. The van der Waals surface area contributed by atoms with Crippen LogP contribution in [-0.4, -0.2) is 34.1 Å². The van der Waals surface area contributed by atoms with Crippen molar-refractivity contribution in [2.75, 3.05) is 18.0 Å². The molecule has 5 nitrogen and oxygen atoms in total. The third-order valence-electron chi connectivity index (χ3n) is 3.57. The van der Waals surface area contributed by atoms with Crippen LogP contribution in [0.15, 0.2) is 12.3 Å². The standard InChI is InChI=1S/C13H19N3O2/c1-2-10-4-3-8-16(9-6-10)13-14-7-5-11(15-13)12(17)18/h5,7,10H,2-4,6,8-9H2,1H3,(H,17,18). The molecule has 1 aromatic heterocycles. The van der Waals surface area contributed by atoms with E-state index in [1.807, 2.05) is 0 Å². The highest BCUT2D eigenvalue weighted by Gasteiger charge is 2.18. The van der Waals surface area contributed by atoms with Gasteiger partial charge in [0.15, 0.2) is 5.69 Å². The zero-order chi connectivity index (χ0) is 13.0. The van der Waals surface area contributed by atoms with Crippen LogP contribution in [-0.2, 0) is 0 Å². The van der Waals surface area contributed by atoms with Crippen LogP contribution in [0.4, 0.5) is 5.95 Å². The van der Waals surface area contributed by atoms with Gasteiger partial charge >= 0.3 is 5.97 Å². The highest BCUT2D eigenvalue weighted by Crippen LogP contribution is 2.22. The lowest BCUT2D eigenvalue weighted by Gasteiger charge is -2.20. The molecule has 0 amide bonds. The van der Waals surface area contributed by atoms with Gasteiger partial charge < -0.3 is 10.0 Å². The Morgan fingerprint density at radius 2 is 2.33 bits per heavy atom. The van der Waals surface area contributed by atoms with Crippen molar-refractivity contribution in [1.82, 2.24) is 9.97 Å². The Kier molecular flexibility index (Phi) is 4.12. The van der Waals surface area contributed by atoms with E-state index in [4.69, 9.17) is 5.11 Å². The maximum atomic E-state index is 10.9. The molecule has 1 aliphatic heterocycles. The molecule has 5 heteroatoms. The fraction of sp³-hybridized carbons (Fsp3) is 0.615. The van der Waals surface area contributed by atoms with Crippen molar-refractivity contribution in [2.24, 2.45) is 5.92 Å². The fourth-order valence-corrected chi connectivity index (χ4v) is 2.39. The van der Waals surface area contributed by atoms with Crippen LogP contribution in [0.5, 0.6) is 0 Å². The Balaban J connectivity index is 2.11. The number of nitrogens with zero attached hydrogens (tertiary/aromatic N) is 3. The van der Waals surface area contributed by atoms with Gasteiger partial charge in [0.25, 0.3) is 0 Å². The van der Waals surface area contributed by atoms with Crippen molar-refractivity contribution in [1.29, 1.82) is 0 Å². The second-order valence-corrected chi connectivity index (χ2v) is 4.74. The first-order chi connectivity index (χ1) is 8.70. The Morgan fingerprint density at radius 3 is 3.06 bits per heavy atom. The maximum Gasteiger partial charge on any atom is 0.354 e. The van der Waals surface area contributed by atoms with Gasteiger partial charge in [-0.25, -0.2) is 14.8 Å². The van der Waals surface area contributed by atoms with Gasteiger partial charge in [-0.2, -0.15) is 0 Å². The number of aromatic carboxylic acids is 1. The van der Waals surface area contributed by atoms with Crippen LogP contribution in [0, 0.1) is 5.92 Å². The lowest BCUT2D eigenvalue weighted by Crippen LogP contribution is -2.26. The molecule has 2 rings (SSSR count). The second kappa shape index (κ2) is 5.80. The van der Waals surface area contributed by atoms with Crippen molar-refractivity contribution in [3.8, 4) is 0 Å². The van der Waals surface area contributed by atoms with Gasteiger partial charge in [-0.1, -0.05) is 13.3 Å². The van der Waals surface area contributed by atoms with Crippen LogP contribution >= 0.6 is 0 Å². The largest absolute Gasteiger partial charge is 0.477 e. The molecular formula is C13H19N3O2. The van der Waals surface area contributed by atoms with Crippen molar-refractivity contribution >= 4 is 11.9 Å². The molecule has 0 bridgehead atoms. The van der Waals surface area contributed by atoms with Crippen LogP contribution < -0.4 is 4.90 Å². The van der Waals surface area contributed by atoms with E-state index in [0.717, 1.165) is 31.8 Å². The van der Waals surface area contributed by atoms with Crippen molar-refractivity contribution in [3.05, 3.63) is 18.0 Å². The number of carboxylic acid groups (broad SMARTS) is 1. The highest BCUT2D eigenvalue weighted by atomic mass is 16.4. The fourth-order valence-electron chi connectivity index (χ4n) is 2.39. The van der Waals surface area contributed by atoms with Gasteiger partial charge in [-0.15, -0.1) is 0 Å². The molecule has 98 valence electrons. The number of hydrogen-bond acceptors (Lipinski definition) is 4. The van der Waals surface area contributed by atoms with Gasteiger partial charge in [0.2, 0.25) is 5.95 Å². The van der Waals surface area contributed by atoms with E-state index in [2.05, 4.69) is 21.8 Å². The average Bonchev–Trinajstić information content (AvgIpc) is 2.64. The zero-order valence-electron chi connectivity index (χ0n) is 10.7. The van der Waals surface area contributed by atoms with E-state index >= 15 is 0 Å². The van der Waals surface area contributed by atoms with E-state index in [-0.39, 0.29) is 5.69 Å². The lowest BCUT2D eigenvalue weighted by atomic mass is 9.98. The second-order valence-electron chi connectivity index (χ2n) is 4.74. The molecule has 1 fully saturated rings. The smallest absolute Gasteiger partial charge is 0.354 e. The molecule has 1 saturated heterocycles. The van der Waals surface area contributed by atoms with Gasteiger partial charge in [0.05, 0.1) is 0 Å². The summed E-state index contributed by atoms with van der Waals surface area (Å²) >= 11 is 0. The van der Waals surface area contributed by atoms with Gasteiger partial charge in [-0.05, 0) is 31.2 Å². The number of hydrogen-bond donors (Lipinski definition) is 1. The van der Waals surface area contributed by atoms with E-state index in [1.165, 1.54) is 25.1 Å². The molecule has 18 heavy (non-hydrogen) atoms. The van der Waals surface area contributed by atoms with Gasteiger partial charge in [0, 0.05) is 19.3 Å². The normalized spacial score (nSPS) is 20.5. The predicted octanol–water partition coefficient (Wildman–Crippen LogP) is 2.19. The molecule has 0 radical (unpaired) electrons.